The first-order valence-corrected chi connectivity index (χ1v) is 9.28. The van der Waals surface area contributed by atoms with Gasteiger partial charge < -0.3 is 21.0 Å². The van der Waals surface area contributed by atoms with E-state index in [9.17, 15) is 17.8 Å². The van der Waals surface area contributed by atoms with Crippen LogP contribution in [0.4, 0.5) is 5.69 Å². The monoisotopic (exact) mass is 466 g/mol. The van der Waals surface area contributed by atoms with E-state index in [0.29, 0.717) is 5.75 Å². The standard InChI is InChI=1S/C16H12Cl2N3O5S.K/c1-19-16(15(22)9-3-5-10(26-2)6-4-9)21-20-13-7-12(18)14(8-11(13)17)27(23,24)25;/h1,3-8,16H,2H3,(H,23,24,25);/q-1;+1/p-1. The molecule has 8 nitrogen and oxygen atoms in total. The summed E-state index contributed by atoms with van der Waals surface area (Å²) in [6.45, 7) is 5.23. The molecule has 0 aromatic heterocycles. The molecule has 12 heteroatoms. The second kappa shape index (κ2) is 10.9. The Morgan fingerprint density at radius 1 is 1.18 bits per heavy atom. The summed E-state index contributed by atoms with van der Waals surface area (Å²) < 4.78 is 38.3. The zero-order chi connectivity index (χ0) is 20.2. The molecule has 0 aliphatic heterocycles. The number of carbonyl (C=O) groups is 1. The number of aliphatic imine (C=N–C) groups is 1. The molecule has 0 heterocycles. The molecule has 0 saturated heterocycles. The van der Waals surface area contributed by atoms with E-state index in [1.807, 2.05) is 0 Å². The van der Waals surface area contributed by atoms with E-state index < -0.39 is 27.0 Å². The third-order valence-electron chi connectivity index (χ3n) is 3.30. The number of halogens is 2. The summed E-state index contributed by atoms with van der Waals surface area (Å²) in [6.07, 6.45) is -1.36. The summed E-state index contributed by atoms with van der Waals surface area (Å²) in [5, 5.41) is 6.85. The van der Waals surface area contributed by atoms with Crippen molar-refractivity contribution >= 4 is 51.5 Å². The Labute approximate surface area is 214 Å². The van der Waals surface area contributed by atoms with Gasteiger partial charge in [0, 0.05) is 5.56 Å². The molecule has 2 aromatic carbocycles. The van der Waals surface area contributed by atoms with Gasteiger partial charge in [0.15, 0.2) is 6.17 Å². The van der Waals surface area contributed by atoms with E-state index in [1.54, 1.807) is 12.1 Å². The molecular weight excluding hydrogens is 456 g/mol. The Kier molecular flexibility index (Phi) is 9.87. The quantitative estimate of drug-likeness (QED) is 0.149. The Morgan fingerprint density at radius 3 is 2.29 bits per heavy atom. The molecular formula is C16H11Cl2KN3O5S-. The average molecular weight is 467 g/mol. The molecule has 0 aliphatic rings. The number of azo groups is 1. The normalized spacial score (nSPS) is 12.3. The first-order chi connectivity index (χ1) is 12.7. The molecule has 0 amide bonds. The predicted molar refractivity (Wildman–Crippen MR) is 98.5 cm³/mol. The second-order valence-electron chi connectivity index (χ2n) is 5.02. The number of methoxy groups -OCH3 is 1. The number of ketones is 1. The third-order valence-corrected chi connectivity index (χ3v) is 4.90. The molecule has 0 aliphatic carbocycles. The molecule has 0 N–H and O–H groups in total. The van der Waals surface area contributed by atoms with Crippen molar-refractivity contribution in [2.45, 2.75) is 11.1 Å². The van der Waals surface area contributed by atoms with Crippen LogP contribution in [0.15, 0.2) is 56.5 Å². The minimum absolute atomic E-state index is 0. The number of hydrogen-bond donors (Lipinski definition) is 0. The number of hydrogen-bond acceptors (Lipinski definition) is 8. The SMILES string of the molecule is [CH-]=NC(N=Nc1cc(Cl)c(S(=O)(=O)[O-])cc1Cl)C(=O)c1ccc(OC)cc1.[K+]. The molecule has 0 spiro atoms. The Hall–Kier alpha value is -0.694. The summed E-state index contributed by atoms with van der Waals surface area (Å²) >= 11 is 11.6. The first kappa shape index (κ1) is 25.3. The van der Waals surface area contributed by atoms with Crippen molar-refractivity contribution in [2.24, 2.45) is 15.2 Å². The Balaban J connectivity index is 0.00000392. The maximum Gasteiger partial charge on any atom is 1.00 e. The number of benzene rings is 2. The van der Waals surface area contributed by atoms with E-state index in [0.717, 1.165) is 12.1 Å². The van der Waals surface area contributed by atoms with Gasteiger partial charge in [-0.1, -0.05) is 23.2 Å². The number of rotatable bonds is 7. The number of Topliss-reactive ketones (excluding diaryl/α,β-unsaturated/α-hetero) is 1. The molecule has 2 rings (SSSR count). The van der Waals surface area contributed by atoms with E-state index in [4.69, 9.17) is 34.7 Å². The molecule has 1 atom stereocenters. The van der Waals surface area contributed by atoms with Crippen molar-refractivity contribution < 1.29 is 73.9 Å². The summed E-state index contributed by atoms with van der Waals surface area (Å²) in [5.74, 6) is 0.0223. The average Bonchev–Trinajstić information content (AvgIpc) is 2.63. The van der Waals surface area contributed by atoms with Crippen molar-refractivity contribution in [2.75, 3.05) is 7.11 Å². The fraction of sp³-hybridized carbons (Fsp3) is 0.125. The number of ether oxygens (including phenoxy) is 1. The van der Waals surface area contributed by atoms with Crippen LogP contribution >= 0.6 is 23.2 Å². The van der Waals surface area contributed by atoms with Gasteiger partial charge in [-0.2, -0.15) is 10.2 Å². The molecule has 28 heavy (non-hydrogen) atoms. The van der Waals surface area contributed by atoms with Gasteiger partial charge in [0.05, 0.1) is 22.1 Å². The minimum Gasteiger partial charge on any atom is -0.744 e. The molecule has 142 valence electrons. The van der Waals surface area contributed by atoms with Crippen LogP contribution in [0.5, 0.6) is 5.75 Å². The Bertz CT molecular complexity index is 1010. The number of carbonyl (C=O) groups excluding carboxylic acids is 1. The van der Waals surface area contributed by atoms with Crippen LogP contribution in [-0.2, 0) is 10.1 Å². The second-order valence-corrected chi connectivity index (χ2v) is 7.18. The van der Waals surface area contributed by atoms with Gasteiger partial charge in [-0.25, -0.2) is 8.42 Å². The fourth-order valence-electron chi connectivity index (χ4n) is 1.96. The minimum atomic E-state index is -4.81. The van der Waals surface area contributed by atoms with Crippen molar-refractivity contribution in [1.29, 1.82) is 0 Å². The van der Waals surface area contributed by atoms with Crippen LogP contribution in [0.25, 0.3) is 0 Å². The summed E-state index contributed by atoms with van der Waals surface area (Å²) in [6, 6.07) is 8.05. The third kappa shape index (κ3) is 6.41. The van der Waals surface area contributed by atoms with E-state index in [-0.39, 0.29) is 72.7 Å². The van der Waals surface area contributed by atoms with Gasteiger partial charge >= 0.3 is 51.4 Å². The van der Waals surface area contributed by atoms with E-state index >= 15 is 0 Å². The van der Waals surface area contributed by atoms with Gasteiger partial charge in [-0.15, -0.1) is 0 Å². The van der Waals surface area contributed by atoms with Gasteiger partial charge in [0.1, 0.15) is 21.6 Å². The van der Waals surface area contributed by atoms with Gasteiger partial charge in [0.2, 0.25) is 5.78 Å². The van der Waals surface area contributed by atoms with Gasteiger partial charge in [-0.05, 0) is 36.4 Å². The van der Waals surface area contributed by atoms with Crippen LogP contribution in [0.1, 0.15) is 10.4 Å². The maximum atomic E-state index is 12.4. The fourth-order valence-corrected chi connectivity index (χ4v) is 3.22. The van der Waals surface area contributed by atoms with Crippen LogP contribution in [0, 0.1) is 0 Å². The van der Waals surface area contributed by atoms with Crippen LogP contribution < -0.4 is 56.1 Å². The zero-order valence-electron chi connectivity index (χ0n) is 14.7. The van der Waals surface area contributed by atoms with Crippen molar-refractivity contribution in [3.63, 3.8) is 0 Å². The molecule has 1 unspecified atom stereocenters. The number of nitrogens with zero attached hydrogens (tertiary/aromatic N) is 3. The summed E-state index contributed by atoms with van der Waals surface area (Å²) in [4.78, 5) is 15.1. The summed E-state index contributed by atoms with van der Waals surface area (Å²) in [7, 11) is -3.32. The topological polar surface area (TPSA) is 121 Å². The smallest absolute Gasteiger partial charge is 0.744 e. The maximum absolute atomic E-state index is 12.4. The van der Waals surface area contributed by atoms with E-state index in [1.165, 1.54) is 19.2 Å². The largest absolute Gasteiger partial charge is 1.00 e. The van der Waals surface area contributed by atoms with Crippen molar-refractivity contribution in [3.05, 3.63) is 52.0 Å². The molecule has 0 bridgehead atoms. The van der Waals surface area contributed by atoms with E-state index in [2.05, 4.69) is 15.2 Å². The summed E-state index contributed by atoms with van der Waals surface area (Å²) in [5.41, 5.74) is 0.205. The zero-order valence-corrected chi connectivity index (χ0v) is 20.1. The van der Waals surface area contributed by atoms with Crippen LogP contribution in [0.2, 0.25) is 10.0 Å². The van der Waals surface area contributed by atoms with Gasteiger partial charge in [0.25, 0.3) is 0 Å². The molecule has 0 fully saturated rings. The van der Waals surface area contributed by atoms with Crippen LogP contribution in [0.3, 0.4) is 0 Å². The van der Waals surface area contributed by atoms with Crippen LogP contribution in [-0.4, -0.2) is 38.7 Å². The van der Waals surface area contributed by atoms with Crippen molar-refractivity contribution in [1.82, 2.24) is 0 Å². The molecule has 2 aromatic rings. The van der Waals surface area contributed by atoms with Crippen molar-refractivity contribution in [3.8, 4) is 5.75 Å². The Morgan fingerprint density at radius 2 is 1.79 bits per heavy atom. The molecule has 0 saturated carbocycles. The predicted octanol–water partition coefficient (Wildman–Crippen LogP) is 0.780. The first-order valence-electron chi connectivity index (χ1n) is 7.11. The van der Waals surface area contributed by atoms with Gasteiger partial charge in [-0.3, -0.25) is 4.79 Å². The molecule has 0 radical (unpaired) electrons.